The molecule has 0 spiro atoms. The highest BCUT2D eigenvalue weighted by molar-refractivity contribution is 5.66. The van der Waals surface area contributed by atoms with Crippen molar-refractivity contribution in [2.75, 3.05) is 0 Å². The van der Waals surface area contributed by atoms with E-state index in [1.807, 2.05) is 12.1 Å². The molecule has 2 aromatic heterocycles. The molecule has 0 fully saturated rings. The first kappa shape index (κ1) is 11.3. The zero-order valence-corrected chi connectivity index (χ0v) is 9.11. The van der Waals surface area contributed by atoms with Gasteiger partial charge in [-0.15, -0.1) is 10.2 Å². The number of carbonyl (C=O) groups is 1. The highest BCUT2D eigenvalue weighted by Crippen LogP contribution is 2.03. The van der Waals surface area contributed by atoms with Gasteiger partial charge in [-0.25, -0.2) is 0 Å². The van der Waals surface area contributed by atoms with Gasteiger partial charge in [-0.2, -0.15) is 4.80 Å². The second-order valence-electron chi connectivity index (χ2n) is 3.52. The van der Waals surface area contributed by atoms with Crippen LogP contribution in [0.4, 0.5) is 0 Å². The molecule has 0 radical (unpaired) electrons. The summed E-state index contributed by atoms with van der Waals surface area (Å²) >= 11 is 0. The minimum absolute atomic E-state index is 0.00597. The van der Waals surface area contributed by atoms with Crippen molar-refractivity contribution in [2.45, 2.75) is 25.8 Å². The molecule has 0 aliphatic carbocycles. The second-order valence-corrected chi connectivity index (χ2v) is 3.52. The van der Waals surface area contributed by atoms with Gasteiger partial charge in [0, 0.05) is 12.8 Å². The fourth-order valence-corrected chi connectivity index (χ4v) is 1.36. The fourth-order valence-electron chi connectivity index (χ4n) is 1.36. The number of hydrogen-bond acceptors (Lipinski definition) is 5. The minimum atomic E-state index is -0.876. The van der Waals surface area contributed by atoms with E-state index in [2.05, 4.69) is 15.4 Å². The van der Waals surface area contributed by atoms with Crippen LogP contribution in [0.25, 0.3) is 0 Å². The van der Waals surface area contributed by atoms with Crippen LogP contribution in [0.1, 0.15) is 18.0 Å². The predicted molar refractivity (Wildman–Crippen MR) is 56.2 cm³/mol. The molecule has 2 aromatic rings. The molecule has 0 aliphatic heterocycles. The number of aliphatic carboxylic acids is 1. The zero-order valence-electron chi connectivity index (χ0n) is 9.11. The molecule has 7 heteroatoms. The maximum Gasteiger partial charge on any atom is 0.305 e. The molecule has 0 aromatic carbocycles. The fraction of sp³-hybridized carbons (Fsp3) is 0.400. The Balaban J connectivity index is 1.83. The maximum absolute atomic E-state index is 10.4. The largest absolute Gasteiger partial charge is 0.481 e. The molecule has 0 unspecified atom stereocenters. The van der Waals surface area contributed by atoms with Crippen molar-refractivity contribution < 1.29 is 14.3 Å². The van der Waals surface area contributed by atoms with Crippen molar-refractivity contribution in [3.05, 3.63) is 30.0 Å². The van der Waals surface area contributed by atoms with E-state index in [0.717, 1.165) is 5.76 Å². The summed E-state index contributed by atoms with van der Waals surface area (Å²) in [4.78, 5) is 11.7. The number of carboxylic acids is 1. The molecule has 0 atom stereocenters. The molecule has 0 saturated heterocycles. The summed E-state index contributed by atoms with van der Waals surface area (Å²) in [5.41, 5.74) is 0. The van der Waals surface area contributed by atoms with Crippen LogP contribution in [0.3, 0.4) is 0 Å². The molecule has 7 nitrogen and oxygen atoms in total. The lowest BCUT2D eigenvalue weighted by Gasteiger charge is -1.93. The Morgan fingerprint density at radius 1 is 1.47 bits per heavy atom. The van der Waals surface area contributed by atoms with Crippen molar-refractivity contribution in [1.29, 1.82) is 0 Å². The number of aromatic nitrogens is 4. The predicted octanol–water partition coefficient (Wildman–Crippen LogP) is 0.526. The number of furan rings is 1. The highest BCUT2D eigenvalue weighted by atomic mass is 16.4. The van der Waals surface area contributed by atoms with E-state index >= 15 is 0 Å². The lowest BCUT2D eigenvalue weighted by atomic mass is 10.2. The first-order valence-electron chi connectivity index (χ1n) is 5.25. The van der Waals surface area contributed by atoms with E-state index in [4.69, 9.17) is 9.52 Å². The van der Waals surface area contributed by atoms with Crippen molar-refractivity contribution >= 4 is 5.97 Å². The highest BCUT2D eigenvalue weighted by Gasteiger charge is 2.05. The van der Waals surface area contributed by atoms with Gasteiger partial charge >= 0.3 is 5.97 Å². The standard InChI is InChI=1S/C10H12N4O3/c15-10(16)5-6-14-12-9(11-13-14)4-3-8-2-1-7-17-8/h1-2,7H,3-6H2,(H,15,16). The van der Waals surface area contributed by atoms with E-state index in [1.165, 1.54) is 4.80 Å². The summed E-state index contributed by atoms with van der Waals surface area (Å²) < 4.78 is 5.18. The smallest absolute Gasteiger partial charge is 0.305 e. The van der Waals surface area contributed by atoms with Gasteiger partial charge < -0.3 is 9.52 Å². The third kappa shape index (κ3) is 3.40. The maximum atomic E-state index is 10.4. The average Bonchev–Trinajstić information content (AvgIpc) is 2.95. The first-order chi connectivity index (χ1) is 8.24. The first-order valence-corrected chi connectivity index (χ1v) is 5.25. The van der Waals surface area contributed by atoms with Crippen LogP contribution in [0.2, 0.25) is 0 Å². The number of tetrazole rings is 1. The zero-order chi connectivity index (χ0) is 12.1. The van der Waals surface area contributed by atoms with Gasteiger partial charge in [0.1, 0.15) is 5.76 Å². The van der Waals surface area contributed by atoms with Crippen molar-refractivity contribution in [1.82, 2.24) is 20.2 Å². The summed E-state index contributed by atoms with van der Waals surface area (Å²) in [6.07, 6.45) is 2.94. The third-order valence-electron chi connectivity index (χ3n) is 2.20. The van der Waals surface area contributed by atoms with Gasteiger partial charge in [-0.1, -0.05) is 0 Å². The summed E-state index contributed by atoms with van der Waals surface area (Å²) in [6.45, 7) is 0.239. The molecular formula is C10H12N4O3. The minimum Gasteiger partial charge on any atom is -0.481 e. The quantitative estimate of drug-likeness (QED) is 0.786. The number of rotatable bonds is 6. The van der Waals surface area contributed by atoms with Crippen LogP contribution in [-0.2, 0) is 24.2 Å². The number of carboxylic acid groups (broad SMARTS) is 1. The van der Waals surface area contributed by atoms with E-state index in [9.17, 15) is 4.79 Å². The number of hydrogen-bond donors (Lipinski definition) is 1. The van der Waals surface area contributed by atoms with E-state index in [1.54, 1.807) is 6.26 Å². The van der Waals surface area contributed by atoms with Crippen molar-refractivity contribution in [3.63, 3.8) is 0 Å². The SMILES string of the molecule is O=C(O)CCn1nnc(CCc2ccco2)n1. The summed E-state index contributed by atoms with van der Waals surface area (Å²) in [5, 5.41) is 20.2. The van der Waals surface area contributed by atoms with E-state index < -0.39 is 5.97 Å². The third-order valence-corrected chi connectivity index (χ3v) is 2.20. The van der Waals surface area contributed by atoms with Gasteiger partial charge in [0.15, 0.2) is 5.82 Å². The Morgan fingerprint density at radius 3 is 3.06 bits per heavy atom. The number of nitrogens with zero attached hydrogens (tertiary/aromatic N) is 4. The average molecular weight is 236 g/mol. The molecule has 90 valence electrons. The Bertz CT molecular complexity index is 477. The van der Waals surface area contributed by atoms with E-state index in [0.29, 0.717) is 18.7 Å². The van der Waals surface area contributed by atoms with Gasteiger partial charge in [-0.05, 0) is 17.3 Å². The van der Waals surface area contributed by atoms with Gasteiger partial charge in [0.05, 0.1) is 19.2 Å². The summed E-state index contributed by atoms with van der Waals surface area (Å²) in [6, 6.07) is 3.71. The van der Waals surface area contributed by atoms with Crippen LogP contribution in [0, 0.1) is 0 Å². The van der Waals surface area contributed by atoms with Gasteiger partial charge in [-0.3, -0.25) is 4.79 Å². The number of aryl methyl sites for hydroxylation is 3. The molecule has 2 heterocycles. The molecule has 0 aliphatic rings. The van der Waals surface area contributed by atoms with Crippen LogP contribution >= 0.6 is 0 Å². The molecule has 0 saturated carbocycles. The Labute approximate surface area is 97.0 Å². The van der Waals surface area contributed by atoms with Crippen LogP contribution in [-0.4, -0.2) is 31.3 Å². The lowest BCUT2D eigenvalue weighted by Crippen LogP contribution is -2.07. The van der Waals surface area contributed by atoms with Crippen LogP contribution < -0.4 is 0 Å². The Morgan fingerprint density at radius 2 is 2.35 bits per heavy atom. The molecule has 1 N–H and O–H groups in total. The Hall–Kier alpha value is -2.18. The van der Waals surface area contributed by atoms with Crippen LogP contribution in [0.15, 0.2) is 22.8 Å². The summed E-state index contributed by atoms with van der Waals surface area (Å²) in [7, 11) is 0. The summed E-state index contributed by atoms with van der Waals surface area (Å²) in [5.74, 6) is 0.582. The van der Waals surface area contributed by atoms with Crippen molar-refractivity contribution in [3.8, 4) is 0 Å². The molecule has 2 rings (SSSR count). The topological polar surface area (TPSA) is 94.0 Å². The van der Waals surface area contributed by atoms with Gasteiger partial charge in [0.25, 0.3) is 0 Å². The monoisotopic (exact) mass is 236 g/mol. The normalized spacial score (nSPS) is 10.6. The Kier molecular flexibility index (Phi) is 3.49. The lowest BCUT2D eigenvalue weighted by molar-refractivity contribution is -0.137. The van der Waals surface area contributed by atoms with Gasteiger partial charge in [0.2, 0.25) is 0 Å². The molecule has 17 heavy (non-hydrogen) atoms. The van der Waals surface area contributed by atoms with Crippen LogP contribution in [0.5, 0.6) is 0 Å². The molecular weight excluding hydrogens is 224 g/mol. The van der Waals surface area contributed by atoms with Crippen molar-refractivity contribution in [2.24, 2.45) is 0 Å². The van der Waals surface area contributed by atoms with E-state index in [-0.39, 0.29) is 13.0 Å². The molecule has 0 bridgehead atoms. The molecule has 0 amide bonds. The second kappa shape index (κ2) is 5.24.